The van der Waals surface area contributed by atoms with Crippen molar-refractivity contribution in [1.29, 1.82) is 0 Å². The van der Waals surface area contributed by atoms with Crippen molar-refractivity contribution in [3.8, 4) is 28.4 Å². The minimum Gasteiger partial charge on any atom is -0.493 e. The van der Waals surface area contributed by atoms with E-state index in [0.29, 0.717) is 34.0 Å². The summed E-state index contributed by atoms with van der Waals surface area (Å²) in [4.78, 5) is 24.4. The van der Waals surface area contributed by atoms with Crippen molar-refractivity contribution in [3.05, 3.63) is 95.7 Å². The van der Waals surface area contributed by atoms with Crippen LogP contribution in [0.2, 0.25) is 0 Å². The van der Waals surface area contributed by atoms with Crippen LogP contribution < -0.4 is 20.5 Å². The lowest BCUT2D eigenvalue weighted by Crippen LogP contribution is -2.15. The first-order valence-corrected chi connectivity index (χ1v) is 11.2. The zero-order chi connectivity index (χ0) is 25.7. The van der Waals surface area contributed by atoms with Gasteiger partial charge in [-0.05, 0) is 61.0 Å². The van der Waals surface area contributed by atoms with Gasteiger partial charge >= 0.3 is 0 Å². The summed E-state index contributed by atoms with van der Waals surface area (Å²) in [7, 11) is 3.15. The Kier molecular flexibility index (Phi) is 7.15. The zero-order valence-electron chi connectivity index (χ0n) is 20.2. The molecule has 0 saturated carbocycles. The highest BCUT2D eigenvalue weighted by Crippen LogP contribution is 2.34. The summed E-state index contributed by atoms with van der Waals surface area (Å²) in [6, 6.07) is 20.2. The van der Waals surface area contributed by atoms with Crippen LogP contribution in [0.25, 0.3) is 23.0 Å². The van der Waals surface area contributed by atoms with Crippen LogP contribution in [-0.4, -0.2) is 35.8 Å². The molecule has 4 aromatic rings. The first-order valence-electron chi connectivity index (χ1n) is 11.2. The minimum absolute atomic E-state index is 0.356. The number of nitrogens with zero attached hydrogens (tertiary/aromatic N) is 2. The number of benzene rings is 3. The Labute approximate surface area is 209 Å². The van der Waals surface area contributed by atoms with E-state index in [-0.39, 0.29) is 5.91 Å². The molecule has 2 amide bonds. The fourth-order valence-electron chi connectivity index (χ4n) is 3.81. The summed E-state index contributed by atoms with van der Waals surface area (Å²) in [6.45, 7) is 1.73. The maximum atomic E-state index is 12.7. The highest BCUT2D eigenvalue weighted by atomic mass is 16.5. The normalized spacial score (nSPS) is 10.9. The van der Waals surface area contributed by atoms with Gasteiger partial charge in [-0.15, -0.1) is 0 Å². The molecular formula is C28H26N4O4. The molecule has 8 nitrogen and oxygen atoms in total. The number of hydrogen-bond donors (Lipinski definition) is 2. The van der Waals surface area contributed by atoms with E-state index in [1.54, 1.807) is 50.1 Å². The molecule has 0 aliphatic carbocycles. The Balaban J connectivity index is 1.69. The van der Waals surface area contributed by atoms with Crippen molar-refractivity contribution in [2.45, 2.75) is 6.92 Å². The van der Waals surface area contributed by atoms with Crippen LogP contribution in [0.15, 0.2) is 79.0 Å². The maximum absolute atomic E-state index is 12.7. The number of methoxy groups -OCH3 is 2. The molecule has 0 bridgehead atoms. The number of nitrogens with one attached hydrogen (secondary N) is 1. The monoisotopic (exact) mass is 482 g/mol. The van der Waals surface area contributed by atoms with Gasteiger partial charge in [0.1, 0.15) is 5.69 Å². The first-order chi connectivity index (χ1) is 17.4. The van der Waals surface area contributed by atoms with Gasteiger partial charge < -0.3 is 20.5 Å². The average molecular weight is 483 g/mol. The summed E-state index contributed by atoms with van der Waals surface area (Å²) < 4.78 is 12.6. The highest BCUT2D eigenvalue weighted by molar-refractivity contribution is 6.04. The second kappa shape index (κ2) is 10.6. The number of hydrogen-bond acceptors (Lipinski definition) is 5. The SMILES string of the molecule is COc1ccc(-c2nn(-c3ccccc3)cc2/C=C/C(=O)Nc2cccc(C(N)=O)c2C)cc1OC. The summed E-state index contributed by atoms with van der Waals surface area (Å²) >= 11 is 0. The van der Waals surface area contributed by atoms with Gasteiger partial charge in [0.15, 0.2) is 11.5 Å². The van der Waals surface area contributed by atoms with Gasteiger partial charge in [0.2, 0.25) is 11.8 Å². The number of carbonyl (C=O) groups is 2. The van der Waals surface area contributed by atoms with E-state index < -0.39 is 5.91 Å². The van der Waals surface area contributed by atoms with E-state index in [1.807, 2.05) is 54.7 Å². The van der Waals surface area contributed by atoms with Crippen LogP contribution in [0.5, 0.6) is 11.5 Å². The Morgan fingerprint density at radius 2 is 1.72 bits per heavy atom. The smallest absolute Gasteiger partial charge is 0.249 e. The lowest BCUT2D eigenvalue weighted by Gasteiger charge is -2.09. The molecule has 0 atom stereocenters. The van der Waals surface area contributed by atoms with Crippen LogP contribution in [0.1, 0.15) is 21.5 Å². The van der Waals surface area contributed by atoms with Crippen molar-refractivity contribution < 1.29 is 19.1 Å². The van der Waals surface area contributed by atoms with Crippen LogP contribution in [0.4, 0.5) is 5.69 Å². The number of aromatic nitrogens is 2. The third-order valence-electron chi connectivity index (χ3n) is 5.69. The molecule has 36 heavy (non-hydrogen) atoms. The number of amides is 2. The van der Waals surface area contributed by atoms with Crippen molar-refractivity contribution in [2.24, 2.45) is 5.73 Å². The number of ether oxygens (including phenoxy) is 2. The lowest BCUT2D eigenvalue weighted by molar-refractivity contribution is -0.111. The van der Waals surface area contributed by atoms with Crippen molar-refractivity contribution in [2.75, 3.05) is 19.5 Å². The predicted octanol–water partition coefficient (Wildman–Crippen LogP) is 4.62. The van der Waals surface area contributed by atoms with E-state index in [2.05, 4.69) is 5.32 Å². The van der Waals surface area contributed by atoms with E-state index in [9.17, 15) is 9.59 Å². The Hall–Kier alpha value is -4.85. The van der Waals surface area contributed by atoms with Crippen LogP contribution in [0.3, 0.4) is 0 Å². The molecule has 1 aromatic heterocycles. The van der Waals surface area contributed by atoms with Gasteiger partial charge in [0, 0.05) is 34.7 Å². The Morgan fingerprint density at radius 3 is 2.42 bits per heavy atom. The van der Waals surface area contributed by atoms with Gasteiger partial charge in [-0.1, -0.05) is 24.3 Å². The minimum atomic E-state index is -0.549. The van der Waals surface area contributed by atoms with Gasteiger partial charge in [-0.25, -0.2) is 4.68 Å². The molecule has 1 heterocycles. The molecule has 8 heteroatoms. The molecule has 0 spiro atoms. The Morgan fingerprint density at radius 1 is 0.972 bits per heavy atom. The average Bonchev–Trinajstić information content (AvgIpc) is 3.33. The summed E-state index contributed by atoms with van der Waals surface area (Å²) in [5.74, 6) is 0.271. The topological polar surface area (TPSA) is 108 Å². The molecule has 0 unspecified atom stereocenters. The standard InChI is InChI=1S/C28H26N4O4/c1-18-22(28(29)34)10-7-11-23(18)30-26(33)15-13-20-17-32(21-8-5-4-6-9-21)31-27(20)19-12-14-24(35-2)25(16-19)36-3/h4-17H,1-3H3,(H2,29,34)(H,30,33)/b15-13+. The molecule has 0 aliphatic rings. The third kappa shape index (κ3) is 5.12. The van der Waals surface area contributed by atoms with Gasteiger partial charge in [0.25, 0.3) is 0 Å². The fraction of sp³-hybridized carbons (Fsp3) is 0.107. The Bertz CT molecular complexity index is 1440. The van der Waals surface area contributed by atoms with Crippen LogP contribution in [0, 0.1) is 6.92 Å². The summed E-state index contributed by atoms with van der Waals surface area (Å²) in [5.41, 5.74) is 9.96. The second-order valence-electron chi connectivity index (χ2n) is 7.95. The molecule has 3 N–H and O–H groups in total. The van der Waals surface area contributed by atoms with E-state index in [4.69, 9.17) is 20.3 Å². The van der Waals surface area contributed by atoms with E-state index in [0.717, 1.165) is 16.8 Å². The maximum Gasteiger partial charge on any atom is 0.249 e. The number of primary amides is 1. The van der Waals surface area contributed by atoms with Gasteiger partial charge in [0.05, 0.1) is 19.9 Å². The molecular weight excluding hydrogens is 456 g/mol. The second-order valence-corrected chi connectivity index (χ2v) is 7.95. The number of nitrogens with two attached hydrogens (primary N) is 1. The zero-order valence-corrected chi connectivity index (χ0v) is 20.2. The van der Waals surface area contributed by atoms with Crippen molar-refractivity contribution >= 4 is 23.6 Å². The fourth-order valence-corrected chi connectivity index (χ4v) is 3.81. The van der Waals surface area contributed by atoms with Crippen LogP contribution >= 0.6 is 0 Å². The van der Waals surface area contributed by atoms with Crippen molar-refractivity contribution in [1.82, 2.24) is 9.78 Å². The van der Waals surface area contributed by atoms with Crippen LogP contribution in [-0.2, 0) is 4.79 Å². The van der Waals surface area contributed by atoms with E-state index >= 15 is 0 Å². The highest BCUT2D eigenvalue weighted by Gasteiger charge is 2.15. The van der Waals surface area contributed by atoms with Crippen molar-refractivity contribution in [3.63, 3.8) is 0 Å². The number of anilines is 1. The number of para-hydroxylation sites is 1. The summed E-state index contributed by atoms with van der Waals surface area (Å²) in [6.07, 6.45) is 4.97. The number of carbonyl (C=O) groups excluding carboxylic acids is 2. The molecule has 0 aliphatic heterocycles. The quantitative estimate of drug-likeness (QED) is 0.357. The molecule has 4 rings (SSSR count). The van der Waals surface area contributed by atoms with E-state index in [1.165, 1.54) is 6.08 Å². The molecule has 0 fully saturated rings. The molecule has 0 radical (unpaired) electrons. The van der Waals surface area contributed by atoms with Gasteiger partial charge in [-0.3, -0.25) is 9.59 Å². The molecule has 0 saturated heterocycles. The predicted molar refractivity (Wildman–Crippen MR) is 139 cm³/mol. The summed E-state index contributed by atoms with van der Waals surface area (Å²) in [5, 5.41) is 7.58. The third-order valence-corrected chi connectivity index (χ3v) is 5.69. The molecule has 182 valence electrons. The van der Waals surface area contributed by atoms with Gasteiger partial charge in [-0.2, -0.15) is 5.10 Å². The molecule has 3 aromatic carbocycles. The lowest BCUT2D eigenvalue weighted by atomic mass is 10.1. The largest absolute Gasteiger partial charge is 0.493 e. The number of rotatable bonds is 8. The first kappa shape index (κ1) is 24.3.